The number of carbonyl (C=O) groups excluding carboxylic acids is 1. The van der Waals surface area contributed by atoms with Crippen molar-refractivity contribution in [1.82, 2.24) is 15.1 Å². The van der Waals surface area contributed by atoms with Gasteiger partial charge in [-0.15, -0.1) is 11.3 Å². The van der Waals surface area contributed by atoms with Gasteiger partial charge in [0.05, 0.1) is 10.4 Å². The molecule has 0 aromatic carbocycles. The van der Waals surface area contributed by atoms with Gasteiger partial charge in [-0.1, -0.05) is 13.0 Å². The van der Waals surface area contributed by atoms with Gasteiger partial charge in [-0.25, -0.2) is 0 Å². The van der Waals surface area contributed by atoms with Gasteiger partial charge in [0.25, 0.3) is 5.91 Å². The van der Waals surface area contributed by atoms with E-state index in [1.165, 1.54) is 0 Å². The van der Waals surface area contributed by atoms with Crippen LogP contribution in [0, 0.1) is 5.92 Å². The largest absolute Gasteiger partial charge is 0.396 e. The van der Waals surface area contributed by atoms with E-state index in [2.05, 4.69) is 10.4 Å². The highest BCUT2D eigenvalue weighted by atomic mass is 32.1. The van der Waals surface area contributed by atoms with Gasteiger partial charge >= 0.3 is 0 Å². The molecule has 102 valence electrons. The average molecular weight is 279 g/mol. The maximum absolute atomic E-state index is 12.2. The molecule has 0 spiro atoms. The van der Waals surface area contributed by atoms with Gasteiger partial charge in [-0.05, 0) is 17.4 Å². The zero-order chi connectivity index (χ0) is 13.8. The van der Waals surface area contributed by atoms with Gasteiger partial charge in [0.1, 0.15) is 5.69 Å². The minimum atomic E-state index is -0.156. The third kappa shape index (κ3) is 3.21. The molecule has 0 fully saturated rings. The lowest BCUT2D eigenvalue weighted by molar-refractivity contribution is 0.0943. The van der Waals surface area contributed by atoms with Crippen molar-refractivity contribution >= 4 is 17.2 Å². The Balaban J connectivity index is 2.18. The summed E-state index contributed by atoms with van der Waals surface area (Å²) in [5.74, 6) is -0.109. The monoisotopic (exact) mass is 279 g/mol. The summed E-state index contributed by atoms with van der Waals surface area (Å²) >= 11 is 1.55. The first kappa shape index (κ1) is 13.8. The summed E-state index contributed by atoms with van der Waals surface area (Å²) in [6.07, 6.45) is 1.72. The number of hydrogen-bond donors (Lipinski definition) is 2. The average Bonchev–Trinajstić information content (AvgIpc) is 3.03. The molecule has 2 aromatic heterocycles. The van der Waals surface area contributed by atoms with E-state index < -0.39 is 0 Å². The van der Waals surface area contributed by atoms with Gasteiger partial charge in [0.2, 0.25) is 0 Å². The zero-order valence-corrected chi connectivity index (χ0v) is 11.8. The molecule has 1 unspecified atom stereocenters. The van der Waals surface area contributed by atoms with Gasteiger partial charge in [-0.2, -0.15) is 5.10 Å². The Bertz CT molecular complexity index is 548. The number of hydrogen-bond acceptors (Lipinski definition) is 4. The molecule has 0 saturated carbocycles. The van der Waals surface area contributed by atoms with E-state index in [1.807, 2.05) is 24.4 Å². The summed E-state index contributed by atoms with van der Waals surface area (Å²) in [6, 6.07) is 3.88. The van der Waals surface area contributed by atoms with Crippen LogP contribution in [0.5, 0.6) is 0 Å². The van der Waals surface area contributed by atoms with E-state index in [9.17, 15) is 4.79 Å². The molecule has 2 N–H and O–H groups in total. The van der Waals surface area contributed by atoms with Crippen LogP contribution < -0.4 is 5.32 Å². The first-order valence-corrected chi connectivity index (χ1v) is 6.96. The van der Waals surface area contributed by atoms with Crippen LogP contribution >= 0.6 is 11.3 Å². The van der Waals surface area contributed by atoms with Gasteiger partial charge < -0.3 is 10.4 Å². The van der Waals surface area contributed by atoms with E-state index >= 15 is 0 Å². The number of aryl methyl sites for hydroxylation is 1. The van der Waals surface area contributed by atoms with Crippen molar-refractivity contribution in [3.8, 4) is 10.6 Å². The lowest BCUT2D eigenvalue weighted by Gasteiger charge is -2.09. The van der Waals surface area contributed by atoms with Gasteiger partial charge in [-0.3, -0.25) is 9.48 Å². The van der Waals surface area contributed by atoms with Crippen molar-refractivity contribution < 1.29 is 9.90 Å². The first-order chi connectivity index (χ1) is 9.11. The van der Waals surface area contributed by atoms with Crippen LogP contribution in [0.1, 0.15) is 17.3 Å². The van der Waals surface area contributed by atoms with Crippen LogP contribution in [0.3, 0.4) is 0 Å². The Morgan fingerprint density at radius 3 is 3.05 bits per heavy atom. The Labute approximate surface area is 115 Å². The Morgan fingerprint density at radius 1 is 1.63 bits per heavy atom. The molecule has 0 saturated heterocycles. The van der Waals surface area contributed by atoms with Crippen molar-refractivity contribution in [2.75, 3.05) is 13.2 Å². The molecule has 0 bridgehead atoms. The highest BCUT2D eigenvalue weighted by Gasteiger charge is 2.17. The SMILES string of the molecule is CC(CO)CNC(=O)c1cn(C)nc1-c1cccs1. The molecule has 2 rings (SSSR count). The third-order valence-corrected chi connectivity index (χ3v) is 3.63. The second kappa shape index (κ2) is 5.99. The lowest BCUT2D eigenvalue weighted by atomic mass is 10.1. The number of aliphatic hydroxyl groups excluding tert-OH is 1. The fourth-order valence-electron chi connectivity index (χ4n) is 1.68. The van der Waals surface area contributed by atoms with E-state index in [4.69, 9.17) is 5.11 Å². The molecule has 6 heteroatoms. The maximum atomic E-state index is 12.2. The second-order valence-electron chi connectivity index (χ2n) is 4.54. The summed E-state index contributed by atoms with van der Waals surface area (Å²) in [5.41, 5.74) is 1.27. The molecular weight excluding hydrogens is 262 g/mol. The van der Waals surface area contributed by atoms with E-state index in [-0.39, 0.29) is 18.4 Å². The summed E-state index contributed by atoms with van der Waals surface area (Å²) < 4.78 is 1.64. The molecule has 0 aliphatic carbocycles. The second-order valence-corrected chi connectivity index (χ2v) is 5.49. The summed E-state index contributed by atoms with van der Waals surface area (Å²) in [5, 5.41) is 18.1. The van der Waals surface area contributed by atoms with Crippen LogP contribution in [-0.4, -0.2) is 33.9 Å². The summed E-state index contributed by atoms with van der Waals surface area (Å²) in [4.78, 5) is 13.1. The highest BCUT2D eigenvalue weighted by molar-refractivity contribution is 7.13. The molecule has 0 radical (unpaired) electrons. The fraction of sp³-hybridized carbons (Fsp3) is 0.385. The van der Waals surface area contributed by atoms with E-state index in [1.54, 1.807) is 29.3 Å². The van der Waals surface area contributed by atoms with Crippen LogP contribution in [-0.2, 0) is 7.05 Å². The molecule has 0 aliphatic heterocycles. The predicted molar refractivity (Wildman–Crippen MR) is 75.1 cm³/mol. The molecule has 0 aliphatic rings. The third-order valence-electron chi connectivity index (χ3n) is 2.75. The minimum Gasteiger partial charge on any atom is -0.396 e. The molecular formula is C13H17N3O2S. The quantitative estimate of drug-likeness (QED) is 0.871. The standard InChI is InChI=1S/C13H17N3O2S/c1-9(8-17)6-14-13(18)10-7-16(2)15-12(10)11-4-3-5-19-11/h3-5,7,9,17H,6,8H2,1-2H3,(H,14,18). The van der Waals surface area contributed by atoms with Crippen molar-refractivity contribution in [3.63, 3.8) is 0 Å². The van der Waals surface area contributed by atoms with Crippen LogP contribution in [0.2, 0.25) is 0 Å². The van der Waals surface area contributed by atoms with Gasteiger partial charge in [0.15, 0.2) is 0 Å². The topological polar surface area (TPSA) is 67.2 Å². The minimum absolute atomic E-state index is 0.0470. The number of nitrogens with one attached hydrogen (secondary N) is 1. The van der Waals surface area contributed by atoms with E-state index in [0.29, 0.717) is 17.8 Å². The number of carbonyl (C=O) groups is 1. The normalized spacial score (nSPS) is 12.4. The number of aliphatic hydroxyl groups is 1. The molecule has 19 heavy (non-hydrogen) atoms. The first-order valence-electron chi connectivity index (χ1n) is 6.08. The zero-order valence-electron chi connectivity index (χ0n) is 11.0. The van der Waals surface area contributed by atoms with Gasteiger partial charge in [0, 0.05) is 26.4 Å². The number of rotatable bonds is 5. The van der Waals surface area contributed by atoms with Crippen molar-refractivity contribution in [2.24, 2.45) is 13.0 Å². The number of amides is 1. The number of nitrogens with zero attached hydrogens (tertiary/aromatic N) is 2. The maximum Gasteiger partial charge on any atom is 0.255 e. The Morgan fingerprint density at radius 2 is 2.42 bits per heavy atom. The summed E-state index contributed by atoms with van der Waals surface area (Å²) in [7, 11) is 1.80. The molecule has 1 amide bonds. The Hall–Kier alpha value is -1.66. The molecule has 2 aromatic rings. The van der Waals surface area contributed by atoms with Crippen molar-refractivity contribution in [2.45, 2.75) is 6.92 Å². The molecule has 5 nitrogen and oxygen atoms in total. The number of thiophene rings is 1. The highest BCUT2D eigenvalue weighted by Crippen LogP contribution is 2.26. The molecule has 2 heterocycles. The van der Waals surface area contributed by atoms with E-state index in [0.717, 1.165) is 4.88 Å². The Kier molecular flexibility index (Phi) is 4.34. The van der Waals surface area contributed by atoms with Crippen molar-refractivity contribution in [1.29, 1.82) is 0 Å². The lowest BCUT2D eigenvalue weighted by Crippen LogP contribution is -2.29. The van der Waals surface area contributed by atoms with Crippen LogP contribution in [0.15, 0.2) is 23.7 Å². The smallest absolute Gasteiger partial charge is 0.255 e. The fourth-order valence-corrected chi connectivity index (χ4v) is 2.40. The molecule has 1 atom stereocenters. The van der Waals surface area contributed by atoms with Crippen LogP contribution in [0.4, 0.5) is 0 Å². The summed E-state index contributed by atoms with van der Waals surface area (Å²) in [6.45, 7) is 2.39. The van der Waals surface area contributed by atoms with Crippen molar-refractivity contribution in [3.05, 3.63) is 29.3 Å². The number of aromatic nitrogens is 2. The predicted octanol–water partition coefficient (Wildman–Crippen LogP) is 1.51. The van der Waals surface area contributed by atoms with Crippen LogP contribution in [0.25, 0.3) is 10.6 Å².